The fraction of sp³-hybridized carbons (Fsp3) is 0.304. The van der Waals surface area contributed by atoms with Crippen molar-refractivity contribution in [3.05, 3.63) is 65.7 Å². The third kappa shape index (κ3) is 5.21. The van der Waals surface area contributed by atoms with Crippen LogP contribution in [0.3, 0.4) is 0 Å². The summed E-state index contributed by atoms with van der Waals surface area (Å²) in [7, 11) is 0. The normalized spacial score (nSPS) is 14.4. The Hall–Kier alpha value is -3.06. The van der Waals surface area contributed by atoms with Gasteiger partial charge in [-0.1, -0.05) is 42.3 Å². The van der Waals surface area contributed by atoms with Crippen molar-refractivity contribution < 1.29 is 9.59 Å². The molecular weight excluding hydrogens is 336 g/mol. The standard InChI is InChI=1S/C23H24N2O2/c1-2-18-9-6-10-21(17-18)24-23(27)20-13-15-25(16-14-20)22(26)12-11-19-7-4-3-5-8-19/h1,3-10,17,20H,11-16H2,(H,24,27). The Kier molecular flexibility index (Phi) is 6.27. The molecule has 0 bridgehead atoms. The Morgan fingerprint density at radius 1 is 1.07 bits per heavy atom. The number of likely N-dealkylation sites (tertiary alicyclic amines) is 1. The second-order valence-corrected chi connectivity index (χ2v) is 6.86. The van der Waals surface area contributed by atoms with E-state index in [9.17, 15) is 9.59 Å². The molecule has 1 N–H and O–H groups in total. The van der Waals surface area contributed by atoms with Gasteiger partial charge in [0, 0.05) is 36.7 Å². The molecule has 0 atom stereocenters. The number of amides is 2. The number of anilines is 1. The lowest BCUT2D eigenvalue weighted by molar-refractivity contribution is -0.134. The minimum Gasteiger partial charge on any atom is -0.343 e. The van der Waals surface area contributed by atoms with Crippen molar-refractivity contribution in [1.29, 1.82) is 0 Å². The van der Waals surface area contributed by atoms with Crippen molar-refractivity contribution >= 4 is 17.5 Å². The van der Waals surface area contributed by atoms with E-state index in [0.717, 1.165) is 17.7 Å². The van der Waals surface area contributed by atoms with Crippen LogP contribution in [0.5, 0.6) is 0 Å². The molecule has 0 aromatic heterocycles. The van der Waals surface area contributed by atoms with Crippen LogP contribution in [0, 0.1) is 18.3 Å². The Morgan fingerprint density at radius 3 is 2.52 bits per heavy atom. The maximum Gasteiger partial charge on any atom is 0.227 e. The molecule has 1 heterocycles. The maximum absolute atomic E-state index is 12.5. The molecule has 0 spiro atoms. The number of carbonyl (C=O) groups is 2. The summed E-state index contributed by atoms with van der Waals surface area (Å²) in [5.74, 6) is 2.66. The molecular formula is C23H24N2O2. The summed E-state index contributed by atoms with van der Waals surface area (Å²) in [6.07, 6.45) is 8.05. The van der Waals surface area contributed by atoms with Gasteiger partial charge in [-0.25, -0.2) is 0 Å². The average Bonchev–Trinajstić information content (AvgIpc) is 2.73. The van der Waals surface area contributed by atoms with E-state index in [1.165, 1.54) is 5.56 Å². The summed E-state index contributed by atoms with van der Waals surface area (Å²) >= 11 is 0. The highest BCUT2D eigenvalue weighted by atomic mass is 16.2. The lowest BCUT2D eigenvalue weighted by atomic mass is 9.95. The fourth-order valence-corrected chi connectivity index (χ4v) is 3.38. The van der Waals surface area contributed by atoms with Crippen molar-refractivity contribution in [3.8, 4) is 12.3 Å². The largest absolute Gasteiger partial charge is 0.343 e. The number of aryl methyl sites for hydroxylation is 1. The first-order valence-corrected chi connectivity index (χ1v) is 9.35. The van der Waals surface area contributed by atoms with E-state index in [1.54, 1.807) is 6.07 Å². The number of nitrogens with one attached hydrogen (secondary N) is 1. The molecule has 2 aromatic carbocycles. The zero-order valence-corrected chi connectivity index (χ0v) is 15.4. The van der Waals surface area contributed by atoms with Gasteiger partial charge in [0.05, 0.1) is 0 Å². The zero-order chi connectivity index (χ0) is 19.1. The highest BCUT2D eigenvalue weighted by molar-refractivity contribution is 5.93. The monoisotopic (exact) mass is 360 g/mol. The zero-order valence-electron chi connectivity index (χ0n) is 15.4. The summed E-state index contributed by atoms with van der Waals surface area (Å²) in [5, 5.41) is 2.94. The number of benzene rings is 2. The number of hydrogen-bond acceptors (Lipinski definition) is 2. The smallest absolute Gasteiger partial charge is 0.227 e. The van der Waals surface area contributed by atoms with Crippen molar-refractivity contribution in [2.75, 3.05) is 18.4 Å². The molecule has 1 aliphatic rings. The van der Waals surface area contributed by atoms with E-state index in [-0.39, 0.29) is 17.7 Å². The van der Waals surface area contributed by atoms with Crippen LogP contribution in [0.15, 0.2) is 54.6 Å². The van der Waals surface area contributed by atoms with Crippen LogP contribution in [0.25, 0.3) is 0 Å². The molecule has 2 aromatic rings. The summed E-state index contributed by atoms with van der Waals surface area (Å²) in [6, 6.07) is 17.3. The first kappa shape index (κ1) is 18.7. The molecule has 1 fully saturated rings. The van der Waals surface area contributed by atoms with Crippen LogP contribution in [0.2, 0.25) is 0 Å². The summed E-state index contributed by atoms with van der Waals surface area (Å²) in [4.78, 5) is 26.8. The van der Waals surface area contributed by atoms with Crippen LogP contribution in [0.1, 0.15) is 30.4 Å². The Bertz CT molecular complexity index is 831. The van der Waals surface area contributed by atoms with Gasteiger partial charge in [-0.15, -0.1) is 6.42 Å². The van der Waals surface area contributed by atoms with Gasteiger partial charge in [0.2, 0.25) is 11.8 Å². The lowest BCUT2D eigenvalue weighted by Gasteiger charge is -2.31. The maximum atomic E-state index is 12.5. The quantitative estimate of drug-likeness (QED) is 0.830. The van der Waals surface area contributed by atoms with Gasteiger partial charge in [0.1, 0.15) is 0 Å². The Labute approximate surface area is 160 Å². The predicted molar refractivity (Wildman–Crippen MR) is 107 cm³/mol. The predicted octanol–water partition coefficient (Wildman–Crippen LogP) is 3.48. The van der Waals surface area contributed by atoms with Gasteiger partial charge in [-0.3, -0.25) is 9.59 Å². The second kappa shape index (κ2) is 9.05. The third-order valence-corrected chi connectivity index (χ3v) is 4.99. The van der Waals surface area contributed by atoms with Crippen LogP contribution < -0.4 is 5.32 Å². The number of carbonyl (C=O) groups excluding carboxylic acids is 2. The molecule has 0 saturated carbocycles. The summed E-state index contributed by atoms with van der Waals surface area (Å²) in [6.45, 7) is 1.27. The molecule has 3 rings (SSSR count). The number of hydrogen-bond donors (Lipinski definition) is 1. The average molecular weight is 360 g/mol. The highest BCUT2D eigenvalue weighted by Gasteiger charge is 2.27. The molecule has 0 unspecified atom stereocenters. The lowest BCUT2D eigenvalue weighted by Crippen LogP contribution is -2.41. The third-order valence-electron chi connectivity index (χ3n) is 4.99. The Balaban J connectivity index is 1.45. The molecule has 4 nitrogen and oxygen atoms in total. The van der Waals surface area contributed by atoms with E-state index in [2.05, 4.69) is 11.2 Å². The van der Waals surface area contributed by atoms with Gasteiger partial charge < -0.3 is 10.2 Å². The molecule has 1 saturated heterocycles. The van der Waals surface area contributed by atoms with E-state index in [1.807, 2.05) is 53.4 Å². The summed E-state index contributed by atoms with van der Waals surface area (Å²) < 4.78 is 0. The number of rotatable bonds is 5. The van der Waals surface area contributed by atoms with Gasteiger partial charge in [0.15, 0.2) is 0 Å². The van der Waals surface area contributed by atoms with Crippen molar-refractivity contribution in [2.24, 2.45) is 5.92 Å². The van der Waals surface area contributed by atoms with Crippen LogP contribution >= 0.6 is 0 Å². The van der Waals surface area contributed by atoms with Gasteiger partial charge in [0.25, 0.3) is 0 Å². The minimum atomic E-state index is -0.0716. The molecule has 0 aliphatic carbocycles. The van der Waals surface area contributed by atoms with E-state index in [0.29, 0.717) is 32.4 Å². The SMILES string of the molecule is C#Cc1cccc(NC(=O)C2CCN(C(=O)CCc3ccccc3)CC2)c1. The molecule has 1 aliphatic heterocycles. The van der Waals surface area contributed by atoms with Crippen molar-refractivity contribution in [2.45, 2.75) is 25.7 Å². The topological polar surface area (TPSA) is 49.4 Å². The van der Waals surface area contributed by atoms with Crippen LogP contribution in [0.4, 0.5) is 5.69 Å². The number of piperidine rings is 1. The van der Waals surface area contributed by atoms with E-state index < -0.39 is 0 Å². The summed E-state index contributed by atoms with van der Waals surface area (Å²) in [5.41, 5.74) is 2.64. The Morgan fingerprint density at radius 2 is 1.81 bits per heavy atom. The molecule has 27 heavy (non-hydrogen) atoms. The molecule has 138 valence electrons. The van der Waals surface area contributed by atoms with E-state index >= 15 is 0 Å². The van der Waals surface area contributed by atoms with Crippen molar-refractivity contribution in [3.63, 3.8) is 0 Å². The second-order valence-electron chi connectivity index (χ2n) is 6.86. The van der Waals surface area contributed by atoms with Crippen molar-refractivity contribution in [1.82, 2.24) is 4.90 Å². The van der Waals surface area contributed by atoms with Gasteiger partial charge >= 0.3 is 0 Å². The minimum absolute atomic E-state index is 0.000515. The molecule has 0 radical (unpaired) electrons. The van der Waals surface area contributed by atoms with Crippen LogP contribution in [-0.2, 0) is 16.0 Å². The van der Waals surface area contributed by atoms with Gasteiger partial charge in [-0.2, -0.15) is 0 Å². The highest BCUT2D eigenvalue weighted by Crippen LogP contribution is 2.21. The molecule has 2 amide bonds. The number of terminal acetylenes is 1. The first-order chi connectivity index (χ1) is 13.2. The molecule has 4 heteroatoms. The fourth-order valence-electron chi connectivity index (χ4n) is 3.38. The van der Waals surface area contributed by atoms with Gasteiger partial charge in [-0.05, 0) is 43.0 Å². The van der Waals surface area contributed by atoms with Crippen LogP contribution in [-0.4, -0.2) is 29.8 Å². The first-order valence-electron chi connectivity index (χ1n) is 9.35. The number of nitrogens with zero attached hydrogens (tertiary/aromatic N) is 1. The van der Waals surface area contributed by atoms with E-state index in [4.69, 9.17) is 6.42 Å².